The smallest absolute Gasteiger partial charge is 0.298 e. The molecule has 0 radical (unpaired) electrons. The van der Waals surface area contributed by atoms with Crippen LogP contribution in [0, 0.1) is 6.92 Å². The van der Waals surface area contributed by atoms with Gasteiger partial charge >= 0.3 is 0 Å². The van der Waals surface area contributed by atoms with Crippen molar-refractivity contribution in [3.05, 3.63) is 64.9 Å². The average Bonchev–Trinajstić information content (AvgIpc) is 3.51. The zero-order valence-electron chi connectivity index (χ0n) is 19.9. The molecule has 0 bridgehead atoms. The van der Waals surface area contributed by atoms with E-state index in [1.165, 1.54) is 4.80 Å². The van der Waals surface area contributed by atoms with Crippen LogP contribution in [0.2, 0.25) is 5.02 Å². The lowest BCUT2D eigenvalue weighted by Crippen LogP contribution is -2.42. The van der Waals surface area contributed by atoms with E-state index in [0.29, 0.717) is 41.0 Å². The summed E-state index contributed by atoms with van der Waals surface area (Å²) < 4.78 is 5.88. The molecule has 2 aromatic carbocycles. The van der Waals surface area contributed by atoms with Gasteiger partial charge < -0.3 is 14.2 Å². The average molecular weight is 481 g/mol. The van der Waals surface area contributed by atoms with Gasteiger partial charge in [0.2, 0.25) is 0 Å². The Morgan fingerprint density at radius 2 is 1.91 bits per heavy atom. The molecule has 34 heavy (non-hydrogen) atoms. The van der Waals surface area contributed by atoms with Crippen molar-refractivity contribution in [2.45, 2.75) is 39.7 Å². The molecular formula is C25H29ClN6O2. The largest absolute Gasteiger partial charge is 0.423 e. The highest BCUT2D eigenvalue weighted by Gasteiger charge is 2.26. The van der Waals surface area contributed by atoms with Crippen LogP contribution in [0.3, 0.4) is 0 Å². The van der Waals surface area contributed by atoms with Crippen LogP contribution >= 0.6 is 11.6 Å². The van der Waals surface area contributed by atoms with Gasteiger partial charge in [0.25, 0.3) is 11.9 Å². The lowest BCUT2D eigenvalue weighted by atomic mass is 10.0. The van der Waals surface area contributed by atoms with Crippen LogP contribution in [-0.4, -0.2) is 57.0 Å². The van der Waals surface area contributed by atoms with Crippen LogP contribution in [0.5, 0.6) is 0 Å². The van der Waals surface area contributed by atoms with Gasteiger partial charge in [0, 0.05) is 31.2 Å². The number of fused-ring (bicyclic) bond motifs is 1. The molecule has 8 nitrogen and oxygen atoms in total. The van der Waals surface area contributed by atoms with E-state index in [0.717, 1.165) is 23.9 Å². The molecule has 0 unspecified atom stereocenters. The Hall–Kier alpha value is -3.39. The van der Waals surface area contributed by atoms with Gasteiger partial charge in [-0.1, -0.05) is 30.2 Å². The van der Waals surface area contributed by atoms with Gasteiger partial charge in [0.15, 0.2) is 5.58 Å². The van der Waals surface area contributed by atoms with Crippen LogP contribution in [0.4, 0.5) is 6.01 Å². The number of carbonyl (C=O) groups excluding carboxylic acids is 1. The zero-order chi connectivity index (χ0) is 24.2. The van der Waals surface area contributed by atoms with Crippen molar-refractivity contribution in [2.24, 2.45) is 0 Å². The number of anilines is 1. The van der Waals surface area contributed by atoms with Gasteiger partial charge in [-0.15, -0.1) is 0 Å². The normalized spacial score (nSPS) is 12.1. The summed E-state index contributed by atoms with van der Waals surface area (Å²) in [5.74, 6) is -0.0236. The Morgan fingerprint density at radius 3 is 2.62 bits per heavy atom. The Bertz CT molecular complexity index is 1270. The SMILES string of the molecule is CC[C@H](CCN(C)c1nc2cc(Cl)ccc2o1)N(CC)C(=O)c1cc(C)ccc1-n1nccn1. The van der Waals surface area contributed by atoms with Crippen molar-refractivity contribution in [2.75, 3.05) is 25.0 Å². The summed E-state index contributed by atoms with van der Waals surface area (Å²) in [6, 6.07) is 11.8. The van der Waals surface area contributed by atoms with E-state index in [9.17, 15) is 4.79 Å². The fourth-order valence-corrected chi connectivity index (χ4v) is 4.29. The highest BCUT2D eigenvalue weighted by molar-refractivity contribution is 6.31. The molecule has 0 spiro atoms. The Kier molecular flexibility index (Phi) is 7.17. The first-order valence-corrected chi connectivity index (χ1v) is 11.8. The van der Waals surface area contributed by atoms with Gasteiger partial charge in [-0.2, -0.15) is 20.0 Å². The number of hydrogen-bond donors (Lipinski definition) is 0. The number of hydrogen-bond acceptors (Lipinski definition) is 6. The van der Waals surface area contributed by atoms with Crippen LogP contribution in [0.25, 0.3) is 16.8 Å². The van der Waals surface area contributed by atoms with Crippen molar-refractivity contribution in [1.29, 1.82) is 0 Å². The number of aryl methyl sites for hydroxylation is 1. The van der Waals surface area contributed by atoms with Gasteiger partial charge in [-0.3, -0.25) is 4.79 Å². The summed E-state index contributed by atoms with van der Waals surface area (Å²) in [5.41, 5.74) is 3.71. The summed E-state index contributed by atoms with van der Waals surface area (Å²) in [6.07, 6.45) is 4.82. The molecule has 1 amide bonds. The number of aromatic nitrogens is 4. The maximum Gasteiger partial charge on any atom is 0.298 e. The molecule has 0 saturated heterocycles. The molecule has 0 fully saturated rings. The Labute approximate surface area is 204 Å². The summed E-state index contributed by atoms with van der Waals surface area (Å²) >= 11 is 6.07. The third-order valence-electron chi connectivity index (χ3n) is 5.99. The second kappa shape index (κ2) is 10.3. The van der Waals surface area contributed by atoms with Crippen molar-refractivity contribution >= 4 is 34.6 Å². The van der Waals surface area contributed by atoms with E-state index < -0.39 is 0 Å². The second-order valence-electron chi connectivity index (χ2n) is 8.31. The van der Waals surface area contributed by atoms with Crippen LogP contribution in [0.15, 0.2) is 53.2 Å². The Balaban J connectivity index is 1.52. The number of rotatable bonds is 9. The highest BCUT2D eigenvalue weighted by Crippen LogP contribution is 2.25. The van der Waals surface area contributed by atoms with E-state index >= 15 is 0 Å². The molecule has 4 aromatic rings. The summed E-state index contributed by atoms with van der Waals surface area (Å²) in [4.78, 5) is 23.7. The summed E-state index contributed by atoms with van der Waals surface area (Å²) in [5, 5.41) is 9.08. The van der Waals surface area contributed by atoms with Gasteiger partial charge in [0.1, 0.15) is 5.52 Å². The second-order valence-corrected chi connectivity index (χ2v) is 8.75. The maximum atomic E-state index is 13.7. The molecule has 0 N–H and O–H groups in total. The number of benzene rings is 2. The van der Waals surface area contributed by atoms with E-state index in [-0.39, 0.29) is 11.9 Å². The van der Waals surface area contributed by atoms with Crippen molar-refractivity contribution in [3.8, 4) is 5.69 Å². The number of nitrogens with zero attached hydrogens (tertiary/aromatic N) is 6. The molecule has 0 aliphatic carbocycles. The third kappa shape index (κ3) is 4.92. The molecule has 0 aliphatic rings. The van der Waals surface area contributed by atoms with Crippen molar-refractivity contribution in [3.63, 3.8) is 0 Å². The summed E-state index contributed by atoms with van der Waals surface area (Å²) in [6.45, 7) is 7.38. The summed E-state index contributed by atoms with van der Waals surface area (Å²) in [7, 11) is 1.94. The maximum absolute atomic E-state index is 13.7. The topological polar surface area (TPSA) is 80.3 Å². The molecule has 2 aromatic heterocycles. The zero-order valence-corrected chi connectivity index (χ0v) is 20.7. The molecule has 178 valence electrons. The van der Waals surface area contributed by atoms with E-state index in [2.05, 4.69) is 22.1 Å². The first kappa shape index (κ1) is 23.8. The number of amides is 1. The van der Waals surface area contributed by atoms with Crippen LogP contribution < -0.4 is 4.90 Å². The predicted molar refractivity (Wildman–Crippen MR) is 134 cm³/mol. The van der Waals surface area contributed by atoms with Gasteiger partial charge in [-0.05, 0) is 57.0 Å². The molecule has 0 saturated carbocycles. The predicted octanol–water partition coefficient (Wildman–Crippen LogP) is 5.14. The van der Waals surface area contributed by atoms with Crippen LogP contribution in [-0.2, 0) is 0 Å². The monoisotopic (exact) mass is 480 g/mol. The molecule has 9 heteroatoms. The van der Waals surface area contributed by atoms with Gasteiger partial charge in [0.05, 0.1) is 23.6 Å². The van der Waals surface area contributed by atoms with E-state index in [1.807, 2.05) is 55.0 Å². The van der Waals surface area contributed by atoms with Crippen LogP contribution in [0.1, 0.15) is 42.6 Å². The first-order chi connectivity index (χ1) is 16.4. The van der Waals surface area contributed by atoms with Gasteiger partial charge in [-0.25, -0.2) is 0 Å². The molecular weight excluding hydrogens is 452 g/mol. The number of halogens is 1. The Morgan fingerprint density at radius 1 is 1.15 bits per heavy atom. The minimum atomic E-state index is -0.0236. The fraction of sp³-hybridized carbons (Fsp3) is 0.360. The molecule has 1 atom stereocenters. The number of carbonyl (C=O) groups is 1. The lowest BCUT2D eigenvalue weighted by Gasteiger charge is -2.32. The fourth-order valence-electron chi connectivity index (χ4n) is 4.13. The third-order valence-corrected chi connectivity index (χ3v) is 6.23. The standard InChI is InChI=1S/C25H29ClN6O2/c1-5-19(11-14-30(4)25-29-21-16-18(26)8-10-23(21)34-25)31(6-2)24(33)20-15-17(3)7-9-22(20)32-27-12-13-28-32/h7-10,12-13,15-16,19H,5-6,11,14H2,1-4H3/t19-/m1/s1. The minimum Gasteiger partial charge on any atom is -0.423 e. The van der Waals surface area contributed by atoms with Crippen molar-refractivity contribution in [1.82, 2.24) is 24.9 Å². The lowest BCUT2D eigenvalue weighted by molar-refractivity contribution is 0.0677. The first-order valence-electron chi connectivity index (χ1n) is 11.5. The van der Waals surface area contributed by atoms with E-state index in [4.69, 9.17) is 16.0 Å². The molecule has 2 heterocycles. The van der Waals surface area contributed by atoms with Crippen molar-refractivity contribution < 1.29 is 9.21 Å². The quantitative estimate of drug-likeness (QED) is 0.330. The van der Waals surface area contributed by atoms with E-state index in [1.54, 1.807) is 24.5 Å². The highest BCUT2D eigenvalue weighted by atomic mass is 35.5. The molecule has 4 rings (SSSR count). The molecule has 0 aliphatic heterocycles. The minimum absolute atomic E-state index is 0.0236. The number of oxazole rings is 1.